The first-order valence-corrected chi connectivity index (χ1v) is 19.1. The number of ether oxygens (including phenoxy) is 4. The number of carbonyl (C=O) groups excluding carboxylic acids is 2. The van der Waals surface area contributed by atoms with Crippen molar-refractivity contribution in [1.29, 1.82) is 0 Å². The fourth-order valence-electron chi connectivity index (χ4n) is 9.18. The van der Waals surface area contributed by atoms with Gasteiger partial charge in [0.05, 0.1) is 39.5 Å². The predicted molar refractivity (Wildman–Crippen MR) is 202 cm³/mol. The number of methoxy groups -OCH3 is 2. The summed E-state index contributed by atoms with van der Waals surface area (Å²) in [7, 11) is 3.05. The lowest BCUT2D eigenvalue weighted by molar-refractivity contribution is 0.0925. The molecule has 0 unspecified atom stereocenters. The van der Waals surface area contributed by atoms with Gasteiger partial charge in [0.2, 0.25) is 0 Å². The molecule has 0 amide bonds. The van der Waals surface area contributed by atoms with Crippen LogP contribution < -0.4 is 18.9 Å². The molecule has 2 saturated carbocycles. The van der Waals surface area contributed by atoms with E-state index in [1.54, 1.807) is 30.3 Å². The monoisotopic (exact) mass is 769 g/mol. The highest BCUT2D eigenvalue weighted by atomic mass is 19.1. The zero-order valence-corrected chi connectivity index (χ0v) is 31.3. The van der Waals surface area contributed by atoms with Gasteiger partial charge < -0.3 is 29.2 Å². The first-order valence-electron chi connectivity index (χ1n) is 19.1. The zero-order chi connectivity index (χ0) is 39.1. The molecule has 0 spiro atoms. The number of phenols is 1. The number of benzene rings is 3. The summed E-state index contributed by atoms with van der Waals surface area (Å²) in [5.74, 6) is 1.03. The van der Waals surface area contributed by atoms with Gasteiger partial charge in [-0.1, -0.05) is 0 Å². The van der Waals surface area contributed by atoms with Crippen LogP contribution in [-0.2, 0) is 0 Å². The van der Waals surface area contributed by atoms with Gasteiger partial charge in [0, 0.05) is 49.4 Å². The van der Waals surface area contributed by atoms with E-state index >= 15 is 0 Å². The Morgan fingerprint density at radius 1 is 0.661 bits per heavy atom. The van der Waals surface area contributed by atoms with Crippen LogP contribution in [0.1, 0.15) is 46.5 Å². The molecule has 3 heterocycles. The number of ketones is 2. The number of aromatic hydroxyl groups is 2. The van der Waals surface area contributed by atoms with Crippen LogP contribution in [0, 0.1) is 35.3 Å². The Labute approximate surface area is 323 Å². The molecule has 13 heteroatoms. The van der Waals surface area contributed by atoms with Crippen LogP contribution in [-0.4, -0.2) is 102 Å². The molecule has 11 nitrogen and oxygen atoms in total. The summed E-state index contributed by atoms with van der Waals surface area (Å²) in [6.07, 6.45) is 2.79. The number of Topliss-reactive ketones (excluding diaryl/α,β-unsaturated/α-hetero) is 2. The number of fused-ring (bicyclic) bond motifs is 2. The average Bonchev–Trinajstić information content (AvgIpc) is 3.94. The quantitative estimate of drug-likeness (QED) is 0.147. The maximum atomic E-state index is 14.4. The molecule has 4 aromatic rings. The molecule has 8 rings (SSSR count). The topological polar surface area (TPSA) is 131 Å². The number of hydrogen-bond donors (Lipinski definition) is 2. The minimum atomic E-state index is -0.431. The molecule has 2 aliphatic carbocycles. The van der Waals surface area contributed by atoms with Crippen molar-refractivity contribution >= 4 is 11.6 Å². The van der Waals surface area contributed by atoms with E-state index in [4.69, 9.17) is 18.9 Å². The number of carbonyl (C=O) groups is 2. The third-order valence-electron chi connectivity index (χ3n) is 11.9. The van der Waals surface area contributed by atoms with Gasteiger partial charge in [-0.25, -0.2) is 13.8 Å². The molecule has 4 aliphatic rings. The molecule has 2 aliphatic heterocycles. The molecule has 3 aromatic carbocycles. The van der Waals surface area contributed by atoms with Crippen LogP contribution in [0.5, 0.6) is 34.5 Å². The van der Waals surface area contributed by atoms with Crippen molar-refractivity contribution in [3.8, 4) is 45.8 Å². The Morgan fingerprint density at radius 2 is 1.14 bits per heavy atom. The lowest BCUT2D eigenvalue weighted by Crippen LogP contribution is -2.30. The van der Waals surface area contributed by atoms with E-state index in [1.807, 2.05) is 0 Å². The maximum Gasteiger partial charge on any atom is 0.195 e. The SMILES string of the molecule is COc1ccc(F)c(O[C@H]2C[C@@H]3CN(CC(=O)c4ccc(O)c(-c5nc(C(=O)CN6C[C@H]7C[C@H](Oc8cc(OC)ccc8F)C[C@H]7C6)ccc5O)c4)C[C@@H]3C2)c1. The summed E-state index contributed by atoms with van der Waals surface area (Å²) >= 11 is 0. The molecular formula is C43H45F2N3O8. The summed E-state index contributed by atoms with van der Waals surface area (Å²) in [5.41, 5.74) is 0.656. The lowest BCUT2D eigenvalue weighted by Gasteiger charge is -2.20. The van der Waals surface area contributed by atoms with Crippen molar-refractivity contribution in [3.05, 3.63) is 89.6 Å². The normalized spacial score (nSPS) is 24.5. The Balaban J connectivity index is 0.857. The molecule has 6 atom stereocenters. The lowest BCUT2D eigenvalue weighted by atomic mass is 10.0. The first kappa shape index (κ1) is 37.6. The number of nitrogens with zero attached hydrogens (tertiary/aromatic N) is 3. The van der Waals surface area contributed by atoms with Crippen LogP contribution >= 0.6 is 0 Å². The standard InChI is InChI=1S/C43H45F2N3O8/c1-53-29-4-6-34(44)41(16-29)55-31-11-25-18-47(19-26(25)12-31)22-39(51)24-3-9-37(49)33(15-24)43-38(50)10-8-36(46-43)40(52)23-48-20-27-13-32(14-28(27)21-48)56-42-17-30(54-2)5-7-35(42)45/h3-10,15-17,25-28,31-32,49-50H,11-14,18-23H2,1-2H3/t25-,26+,27-,28+,31+,32+. The highest BCUT2D eigenvalue weighted by Gasteiger charge is 2.44. The van der Waals surface area contributed by atoms with Crippen LogP contribution in [0.4, 0.5) is 8.78 Å². The van der Waals surface area contributed by atoms with Crippen molar-refractivity contribution in [1.82, 2.24) is 14.8 Å². The molecule has 2 saturated heterocycles. The van der Waals surface area contributed by atoms with E-state index in [0.29, 0.717) is 66.9 Å². The Morgan fingerprint density at radius 3 is 1.64 bits per heavy atom. The van der Waals surface area contributed by atoms with E-state index in [9.17, 15) is 28.6 Å². The van der Waals surface area contributed by atoms with Crippen molar-refractivity contribution in [2.75, 3.05) is 53.5 Å². The number of aromatic nitrogens is 1. The Hall–Kier alpha value is -5.27. The molecule has 0 bridgehead atoms. The van der Waals surface area contributed by atoms with Crippen LogP contribution in [0.3, 0.4) is 0 Å². The van der Waals surface area contributed by atoms with Crippen molar-refractivity contribution < 1.29 is 47.5 Å². The number of rotatable bonds is 13. The summed E-state index contributed by atoms with van der Waals surface area (Å²) in [6, 6.07) is 16.2. The highest BCUT2D eigenvalue weighted by Crippen LogP contribution is 2.42. The maximum absolute atomic E-state index is 14.4. The van der Waals surface area contributed by atoms with Gasteiger partial charge in [-0.3, -0.25) is 19.4 Å². The minimum Gasteiger partial charge on any atom is -0.507 e. The molecule has 294 valence electrons. The summed E-state index contributed by atoms with van der Waals surface area (Å²) in [4.78, 5) is 35.7. The van der Waals surface area contributed by atoms with Crippen LogP contribution in [0.25, 0.3) is 11.3 Å². The van der Waals surface area contributed by atoms with E-state index in [1.165, 1.54) is 50.6 Å². The fraction of sp³-hybridized carbons (Fsp3) is 0.419. The molecule has 0 radical (unpaired) electrons. The van der Waals surface area contributed by atoms with Crippen LogP contribution in [0.2, 0.25) is 0 Å². The Kier molecular flexibility index (Phi) is 10.6. The molecule has 2 N–H and O–H groups in total. The summed E-state index contributed by atoms with van der Waals surface area (Å²) in [5, 5.41) is 21.6. The number of pyridine rings is 1. The largest absolute Gasteiger partial charge is 0.507 e. The van der Waals surface area contributed by atoms with Gasteiger partial charge in [-0.15, -0.1) is 0 Å². The first-order chi connectivity index (χ1) is 27.0. The van der Waals surface area contributed by atoms with Gasteiger partial charge >= 0.3 is 0 Å². The summed E-state index contributed by atoms with van der Waals surface area (Å²) < 4.78 is 51.2. The third-order valence-corrected chi connectivity index (χ3v) is 11.9. The second-order valence-corrected chi connectivity index (χ2v) is 15.6. The van der Waals surface area contributed by atoms with E-state index in [-0.39, 0.29) is 76.8 Å². The van der Waals surface area contributed by atoms with E-state index in [2.05, 4.69) is 14.8 Å². The number of phenolic OH excluding ortho intramolecular Hbond substituents is 1. The highest BCUT2D eigenvalue weighted by molar-refractivity contribution is 6.00. The average molecular weight is 770 g/mol. The van der Waals surface area contributed by atoms with Crippen molar-refractivity contribution in [2.24, 2.45) is 23.7 Å². The number of likely N-dealkylation sites (tertiary alicyclic amines) is 2. The fourth-order valence-corrected chi connectivity index (χ4v) is 9.18. The van der Waals surface area contributed by atoms with Crippen molar-refractivity contribution in [3.63, 3.8) is 0 Å². The molecule has 4 fully saturated rings. The molecule has 1 aromatic heterocycles. The van der Waals surface area contributed by atoms with Gasteiger partial charge in [0.15, 0.2) is 34.7 Å². The van der Waals surface area contributed by atoms with E-state index in [0.717, 1.165) is 25.7 Å². The van der Waals surface area contributed by atoms with Crippen LogP contribution in [0.15, 0.2) is 66.7 Å². The third kappa shape index (κ3) is 7.88. The second kappa shape index (κ2) is 15.7. The zero-order valence-electron chi connectivity index (χ0n) is 31.3. The number of hydrogen-bond acceptors (Lipinski definition) is 11. The van der Waals surface area contributed by atoms with Gasteiger partial charge in [0.1, 0.15) is 34.4 Å². The second-order valence-electron chi connectivity index (χ2n) is 15.6. The molecular weight excluding hydrogens is 724 g/mol. The molecule has 56 heavy (non-hydrogen) atoms. The minimum absolute atomic E-state index is 0.0141. The van der Waals surface area contributed by atoms with Crippen molar-refractivity contribution in [2.45, 2.75) is 37.9 Å². The Bertz CT molecular complexity index is 1960. The smallest absolute Gasteiger partial charge is 0.195 e. The van der Waals surface area contributed by atoms with Gasteiger partial charge in [-0.2, -0.15) is 0 Å². The number of halogens is 2. The van der Waals surface area contributed by atoms with Gasteiger partial charge in [0.25, 0.3) is 0 Å². The predicted octanol–water partition coefficient (Wildman–Crippen LogP) is 6.40. The van der Waals surface area contributed by atoms with Gasteiger partial charge in [-0.05, 0) is 104 Å². The van der Waals surface area contributed by atoms with E-state index < -0.39 is 11.6 Å². The summed E-state index contributed by atoms with van der Waals surface area (Å²) in [6.45, 7) is 3.13.